The predicted octanol–water partition coefficient (Wildman–Crippen LogP) is 4.57. The third kappa shape index (κ3) is 4.50. The van der Waals surface area contributed by atoms with Gasteiger partial charge in [0.2, 0.25) is 0 Å². The van der Waals surface area contributed by atoms with Gasteiger partial charge in [0.15, 0.2) is 5.13 Å². The molecule has 10 heteroatoms. The van der Waals surface area contributed by atoms with Crippen LogP contribution in [0.15, 0.2) is 66.8 Å². The van der Waals surface area contributed by atoms with E-state index < -0.39 is 35.3 Å². The van der Waals surface area contributed by atoms with Crippen molar-refractivity contribution in [2.24, 2.45) is 0 Å². The molecule has 1 unspecified atom stereocenters. The number of esters is 1. The molecule has 36 heavy (non-hydrogen) atoms. The molecule has 1 aromatic heterocycles. The van der Waals surface area contributed by atoms with E-state index in [1.54, 1.807) is 25.1 Å². The van der Waals surface area contributed by atoms with Gasteiger partial charge in [-0.25, -0.2) is 14.2 Å². The van der Waals surface area contributed by atoms with Crippen molar-refractivity contribution in [2.45, 2.75) is 13.0 Å². The van der Waals surface area contributed by atoms with Crippen LogP contribution < -0.4 is 9.64 Å². The minimum Gasteiger partial charge on any atom is -0.507 e. The fourth-order valence-electron chi connectivity index (χ4n) is 3.79. The Morgan fingerprint density at radius 3 is 2.64 bits per heavy atom. The lowest BCUT2D eigenvalue weighted by Crippen LogP contribution is -2.29. The molecular formula is C26H21FN2O6S. The molecule has 1 aliphatic rings. The number of aliphatic hydroxyl groups excluding tert-OH is 1. The smallest absolute Gasteiger partial charge is 0.350 e. The molecule has 0 bridgehead atoms. The minimum atomic E-state index is -1.13. The topological polar surface area (TPSA) is 106 Å². The van der Waals surface area contributed by atoms with Crippen molar-refractivity contribution in [1.29, 1.82) is 0 Å². The zero-order valence-corrected chi connectivity index (χ0v) is 20.2. The maximum Gasteiger partial charge on any atom is 0.350 e. The molecule has 184 valence electrons. The van der Waals surface area contributed by atoms with Crippen LogP contribution in [-0.2, 0) is 14.3 Å². The van der Waals surface area contributed by atoms with Gasteiger partial charge in [-0.1, -0.05) is 48.3 Å². The summed E-state index contributed by atoms with van der Waals surface area (Å²) in [5.41, 5.74) is 0.715. The average Bonchev–Trinajstić information content (AvgIpc) is 3.39. The molecular weight excluding hydrogens is 487 g/mol. The molecule has 0 radical (unpaired) electrons. The number of amides is 1. The zero-order chi connectivity index (χ0) is 26.0. The van der Waals surface area contributed by atoms with E-state index in [4.69, 9.17) is 9.47 Å². The van der Waals surface area contributed by atoms with Crippen LogP contribution in [-0.4, -0.2) is 41.5 Å². The lowest BCUT2D eigenvalue weighted by molar-refractivity contribution is -0.132. The number of aliphatic hydroxyl groups is 1. The molecule has 0 saturated carbocycles. The molecule has 4 rings (SSSR count). The van der Waals surface area contributed by atoms with Gasteiger partial charge in [0.25, 0.3) is 5.78 Å². The number of halogens is 1. The first-order valence-corrected chi connectivity index (χ1v) is 11.5. The highest BCUT2D eigenvalue weighted by molar-refractivity contribution is 7.17. The molecule has 8 nitrogen and oxygen atoms in total. The van der Waals surface area contributed by atoms with Crippen molar-refractivity contribution in [3.63, 3.8) is 0 Å². The van der Waals surface area contributed by atoms with Crippen LogP contribution in [0.1, 0.15) is 32.5 Å². The maximum absolute atomic E-state index is 13.7. The Balaban J connectivity index is 1.88. The van der Waals surface area contributed by atoms with Crippen LogP contribution in [0.5, 0.6) is 5.75 Å². The van der Waals surface area contributed by atoms with E-state index in [9.17, 15) is 23.9 Å². The van der Waals surface area contributed by atoms with Crippen molar-refractivity contribution in [3.05, 3.63) is 94.3 Å². The SMILES string of the molecule is C=CCOC(=O)c1sc(N2C(=O)C(=O)/C(=C(/O)c3cccc(OC)c3)C2c2ccc(F)cc2)nc1C. The summed E-state index contributed by atoms with van der Waals surface area (Å²) in [6.45, 7) is 5.07. The number of aryl methyl sites for hydroxylation is 1. The monoisotopic (exact) mass is 508 g/mol. The summed E-state index contributed by atoms with van der Waals surface area (Å²) in [7, 11) is 1.46. The molecule has 1 atom stereocenters. The number of nitrogens with zero attached hydrogens (tertiary/aromatic N) is 2. The van der Waals surface area contributed by atoms with E-state index >= 15 is 0 Å². The summed E-state index contributed by atoms with van der Waals surface area (Å²) in [6.07, 6.45) is 1.42. The number of hydrogen-bond donors (Lipinski definition) is 1. The summed E-state index contributed by atoms with van der Waals surface area (Å²) in [4.78, 5) is 44.5. The first-order chi connectivity index (χ1) is 17.3. The molecule has 0 spiro atoms. The Morgan fingerprint density at radius 2 is 1.97 bits per heavy atom. The van der Waals surface area contributed by atoms with E-state index in [0.29, 0.717) is 17.0 Å². The third-order valence-corrected chi connectivity index (χ3v) is 6.62. The molecule has 1 saturated heterocycles. The summed E-state index contributed by atoms with van der Waals surface area (Å²) in [5, 5.41) is 11.2. The number of ketones is 1. The second-order valence-corrected chi connectivity index (χ2v) is 8.73. The number of rotatable bonds is 7. The van der Waals surface area contributed by atoms with Gasteiger partial charge >= 0.3 is 11.9 Å². The van der Waals surface area contributed by atoms with E-state index in [0.717, 1.165) is 16.2 Å². The highest BCUT2D eigenvalue weighted by Gasteiger charge is 2.48. The van der Waals surface area contributed by atoms with E-state index in [2.05, 4.69) is 11.6 Å². The van der Waals surface area contributed by atoms with Crippen LogP contribution >= 0.6 is 11.3 Å². The van der Waals surface area contributed by atoms with Gasteiger partial charge in [-0.2, -0.15) is 0 Å². The average molecular weight is 509 g/mol. The van der Waals surface area contributed by atoms with Crippen LogP contribution in [0.25, 0.3) is 5.76 Å². The summed E-state index contributed by atoms with van der Waals surface area (Å²) in [6, 6.07) is 10.5. The standard InChI is InChI=1S/C26H21FN2O6S/c1-4-12-35-25(33)23-14(2)28-26(36-23)29-20(15-8-10-17(27)11-9-15)19(22(31)24(29)32)21(30)16-6-5-7-18(13-16)34-3/h4-11,13,20,30H,1,12H2,2-3H3/b21-19+. The normalized spacial score (nSPS) is 16.8. The number of methoxy groups -OCH3 is 1. The Morgan fingerprint density at radius 1 is 1.25 bits per heavy atom. The number of hydrogen-bond acceptors (Lipinski definition) is 8. The number of carbonyl (C=O) groups is 3. The lowest BCUT2D eigenvalue weighted by Gasteiger charge is -2.23. The van der Waals surface area contributed by atoms with Crippen molar-refractivity contribution >= 4 is 39.9 Å². The summed E-state index contributed by atoms with van der Waals surface area (Å²) in [5.74, 6) is -3.06. The lowest BCUT2D eigenvalue weighted by atomic mass is 9.95. The van der Waals surface area contributed by atoms with Gasteiger partial charge in [0.1, 0.15) is 28.8 Å². The van der Waals surface area contributed by atoms with Crippen molar-refractivity contribution < 1.29 is 33.4 Å². The van der Waals surface area contributed by atoms with Crippen molar-refractivity contribution in [2.75, 3.05) is 18.6 Å². The van der Waals surface area contributed by atoms with Gasteiger partial charge < -0.3 is 14.6 Å². The Hall–Kier alpha value is -4.31. The Labute approximate surface area is 209 Å². The Bertz CT molecular complexity index is 1400. The van der Waals surface area contributed by atoms with Gasteiger partial charge in [-0.05, 0) is 36.8 Å². The van der Waals surface area contributed by atoms with Crippen LogP contribution in [0.4, 0.5) is 9.52 Å². The first-order valence-electron chi connectivity index (χ1n) is 10.7. The number of thiazole rings is 1. The molecule has 0 aliphatic carbocycles. The minimum absolute atomic E-state index is 0.00780. The predicted molar refractivity (Wildman–Crippen MR) is 132 cm³/mol. The molecule has 1 fully saturated rings. The number of aromatic nitrogens is 1. The molecule has 2 heterocycles. The van der Waals surface area contributed by atoms with Crippen LogP contribution in [0, 0.1) is 12.7 Å². The first kappa shape index (κ1) is 24.8. The molecule has 1 amide bonds. The largest absolute Gasteiger partial charge is 0.507 e. The van der Waals surface area contributed by atoms with Gasteiger partial charge in [-0.15, -0.1) is 0 Å². The van der Waals surface area contributed by atoms with Gasteiger partial charge in [-0.3, -0.25) is 14.5 Å². The maximum atomic E-state index is 13.7. The second-order valence-electron chi connectivity index (χ2n) is 7.75. The number of anilines is 1. The third-order valence-electron chi connectivity index (χ3n) is 5.48. The second kappa shape index (κ2) is 10.1. The highest BCUT2D eigenvalue weighted by Crippen LogP contribution is 2.44. The fraction of sp³-hybridized carbons (Fsp3) is 0.154. The van der Waals surface area contributed by atoms with E-state index in [-0.39, 0.29) is 27.8 Å². The highest BCUT2D eigenvalue weighted by atomic mass is 32.1. The molecule has 1 aliphatic heterocycles. The van der Waals surface area contributed by atoms with Gasteiger partial charge in [0, 0.05) is 5.56 Å². The molecule has 1 N–H and O–H groups in total. The fourth-order valence-corrected chi connectivity index (χ4v) is 4.78. The molecule has 3 aromatic rings. The van der Waals surface area contributed by atoms with Crippen molar-refractivity contribution in [3.8, 4) is 5.75 Å². The van der Waals surface area contributed by atoms with Crippen LogP contribution in [0.2, 0.25) is 0 Å². The summed E-state index contributed by atoms with van der Waals surface area (Å²) >= 11 is 0.873. The van der Waals surface area contributed by atoms with Gasteiger partial charge in [0.05, 0.1) is 24.4 Å². The quantitative estimate of drug-likeness (QED) is 0.164. The van der Waals surface area contributed by atoms with E-state index in [1.807, 2.05) is 0 Å². The van der Waals surface area contributed by atoms with Crippen molar-refractivity contribution in [1.82, 2.24) is 4.98 Å². The van der Waals surface area contributed by atoms with E-state index in [1.165, 1.54) is 43.5 Å². The molecule has 2 aromatic carbocycles. The number of ether oxygens (including phenoxy) is 2. The summed E-state index contributed by atoms with van der Waals surface area (Å²) < 4.78 is 24.0. The van der Waals surface area contributed by atoms with Crippen LogP contribution in [0.3, 0.4) is 0 Å². The number of carbonyl (C=O) groups excluding carboxylic acids is 3. The number of benzene rings is 2. The zero-order valence-electron chi connectivity index (χ0n) is 19.4. The number of Topliss-reactive ketones (excluding diaryl/α,β-unsaturated/α-hetero) is 1. The Kier molecular flexibility index (Phi) is 6.98.